The van der Waals surface area contributed by atoms with Gasteiger partial charge in [-0.15, -0.1) is 0 Å². The quantitative estimate of drug-likeness (QED) is 0.408. The number of anilines is 1. The van der Waals surface area contributed by atoms with E-state index in [-0.39, 0.29) is 11.3 Å². The number of fused-ring (bicyclic) bond motifs is 1. The number of benzene rings is 2. The molecule has 3 rings (SSSR count). The molecule has 6 heteroatoms. The molecule has 2 amide bonds. The third kappa shape index (κ3) is 2.71. The van der Waals surface area contributed by atoms with E-state index in [9.17, 15) is 14.0 Å². The van der Waals surface area contributed by atoms with Crippen LogP contribution in [0.1, 0.15) is 18.1 Å². The van der Waals surface area contributed by atoms with Gasteiger partial charge in [0.2, 0.25) is 5.91 Å². The Morgan fingerprint density at radius 2 is 1.96 bits per heavy atom. The van der Waals surface area contributed by atoms with E-state index >= 15 is 0 Å². The number of hydrogen-bond donors (Lipinski definition) is 0. The molecule has 2 aromatic rings. The van der Waals surface area contributed by atoms with Crippen LogP contribution in [-0.2, 0) is 14.3 Å². The van der Waals surface area contributed by atoms with Gasteiger partial charge < -0.3 is 4.74 Å². The Labute approximate surface area is 152 Å². The summed E-state index contributed by atoms with van der Waals surface area (Å²) < 4.78 is 20.1. The average molecular weight is 437 g/mol. The van der Waals surface area contributed by atoms with Gasteiger partial charge in [-0.05, 0) is 52.9 Å². The Morgan fingerprint density at radius 3 is 2.58 bits per heavy atom. The van der Waals surface area contributed by atoms with Gasteiger partial charge in [0.15, 0.2) is 0 Å². The fourth-order valence-electron chi connectivity index (χ4n) is 2.76. The molecule has 0 fully saturated rings. The second-order valence-electron chi connectivity index (χ2n) is 5.24. The molecular formula is C18H13FINO3. The number of carbonyl (C=O) groups is 2. The van der Waals surface area contributed by atoms with Crippen LogP contribution in [0.4, 0.5) is 10.1 Å². The molecule has 0 radical (unpaired) electrons. The summed E-state index contributed by atoms with van der Waals surface area (Å²) in [5.74, 6) is -1.14. The minimum absolute atomic E-state index is 0.239. The summed E-state index contributed by atoms with van der Waals surface area (Å²) in [5.41, 5.74) is 1.69. The molecule has 0 unspecified atom stereocenters. The maximum Gasteiger partial charge on any atom is 0.269 e. The maximum absolute atomic E-state index is 13.6. The largest absolute Gasteiger partial charge is 0.495 e. The number of halogens is 2. The highest BCUT2D eigenvalue weighted by atomic mass is 127. The lowest BCUT2D eigenvalue weighted by atomic mass is 10.0. The molecule has 0 atom stereocenters. The van der Waals surface area contributed by atoms with Gasteiger partial charge >= 0.3 is 0 Å². The molecule has 1 heterocycles. The third-order valence-corrected chi connectivity index (χ3v) is 4.39. The summed E-state index contributed by atoms with van der Waals surface area (Å²) in [6.07, 6.45) is 0. The van der Waals surface area contributed by atoms with Crippen molar-refractivity contribution in [2.24, 2.45) is 0 Å². The van der Waals surface area contributed by atoms with Gasteiger partial charge in [0.25, 0.3) is 5.91 Å². The maximum atomic E-state index is 13.6. The molecule has 2 aromatic carbocycles. The van der Waals surface area contributed by atoms with Crippen molar-refractivity contribution < 1.29 is 18.7 Å². The zero-order valence-corrected chi connectivity index (χ0v) is 15.1. The van der Waals surface area contributed by atoms with E-state index in [0.29, 0.717) is 16.9 Å². The van der Waals surface area contributed by atoms with Crippen LogP contribution < -0.4 is 4.90 Å². The summed E-state index contributed by atoms with van der Waals surface area (Å²) in [6.45, 7) is 1.27. The number of methoxy groups -OCH3 is 1. The lowest BCUT2D eigenvalue weighted by Crippen LogP contribution is -2.31. The monoisotopic (exact) mass is 437 g/mol. The first-order chi connectivity index (χ1) is 11.4. The van der Waals surface area contributed by atoms with Gasteiger partial charge in [0, 0.05) is 21.6 Å². The Kier molecular flexibility index (Phi) is 4.40. The second-order valence-corrected chi connectivity index (χ2v) is 6.49. The Hall–Kier alpha value is -2.22. The predicted octanol–water partition coefficient (Wildman–Crippen LogP) is 3.84. The SMILES string of the molecule is CO/C(=C1/C(=O)N(C(C)=O)c2cc(F)ccc21)c1cccc(I)c1. The zero-order chi connectivity index (χ0) is 17.4. The first kappa shape index (κ1) is 16.6. The van der Waals surface area contributed by atoms with Gasteiger partial charge in [-0.3, -0.25) is 9.59 Å². The summed E-state index contributed by atoms with van der Waals surface area (Å²) >= 11 is 2.17. The van der Waals surface area contributed by atoms with Crippen LogP contribution in [0.5, 0.6) is 0 Å². The summed E-state index contributed by atoms with van der Waals surface area (Å²) in [7, 11) is 1.47. The van der Waals surface area contributed by atoms with Crippen molar-refractivity contribution in [3.8, 4) is 0 Å². The molecule has 122 valence electrons. The number of hydrogen-bond acceptors (Lipinski definition) is 3. The molecule has 0 saturated heterocycles. The number of amides is 2. The first-order valence-corrected chi connectivity index (χ1v) is 8.21. The van der Waals surface area contributed by atoms with Crippen LogP contribution in [-0.4, -0.2) is 18.9 Å². The molecular weight excluding hydrogens is 424 g/mol. The van der Waals surface area contributed by atoms with Crippen molar-refractivity contribution in [2.45, 2.75) is 6.92 Å². The highest BCUT2D eigenvalue weighted by Crippen LogP contribution is 2.41. The minimum Gasteiger partial charge on any atom is -0.495 e. The van der Waals surface area contributed by atoms with E-state index < -0.39 is 17.6 Å². The van der Waals surface area contributed by atoms with Crippen LogP contribution in [0.25, 0.3) is 11.3 Å². The average Bonchev–Trinajstić information content (AvgIpc) is 2.80. The molecule has 0 aromatic heterocycles. The van der Waals surface area contributed by atoms with Gasteiger partial charge in [-0.2, -0.15) is 0 Å². The number of imide groups is 1. The smallest absolute Gasteiger partial charge is 0.269 e. The fourth-order valence-corrected chi connectivity index (χ4v) is 3.31. The van der Waals surface area contributed by atoms with Gasteiger partial charge in [0.1, 0.15) is 11.6 Å². The lowest BCUT2D eigenvalue weighted by molar-refractivity contribution is -0.122. The van der Waals surface area contributed by atoms with Gasteiger partial charge in [0.05, 0.1) is 18.4 Å². The van der Waals surface area contributed by atoms with Crippen LogP contribution in [0.15, 0.2) is 42.5 Å². The van der Waals surface area contributed by atoms with Gasteiger partial charge in [-0.25, -0.2) is 9.29 Å². The number of rotatable bonds is 2. The topological polar surface area (TPSA) is 46.6 Å². The van der Waals surface area contributed by atoms with E-state index in [1.54, 1.807) is 0 Å². The van der Waals surface area contributed by atoms with Crippen LogP contribution in [0, 0.1) is 9.39 Å². The van der Waals surface area contributed by atoms with Crippen molar-refractivity contribution in [3.05, 3.63) is 63.0 Å². The highest BCUT2D eigenvalue weighted by Gasteiger charge is 2.38. The van der Waals surface area contributed by atoms with Crippen LogP contribution >= 0.6 is 22.6 Å². The number of nitrogens with zero attached hydrogens (tertiary/aromatic N) is 1. The molecule has 1 aliphatic rings. The standard InChI is InChI=1S/C18H13FINO3/c1-10(22)21-15-9-12(19)6-7-14(15)16(18(21)23)17(24-2)11-4-3-5-13(20)8-11/h3-9H,1-2H3/b17-16+. The van der Waals surface area contributed by atoms with Crippen molar-refractivity contribution in [2.75, 3.05) is 12.0 Å². The molecule has 4 nitrogen and oxygen atoms in total. The minimum atomic E-state index is -0.515. The summed E-state index contributed by atoms with van der Waals surface area (Å²) in [5, 5.41) is 0. The number of carbonyl (C=O) groups excluding carboxylic acids is 2. The second kappa shape index (κ2) is 6.35. The van der Waals surface area contributed by atoms with E-state index in [1.165, 1.54) is 32.2 Å². The van der Waals surface area contributed by atoms with E-state index in [0.717, 1.165) is 8.47 Å². The van der Waals surface area contributed by atoms with Crippen molar-refractivity contribution >= 4 is 51.4 Å². The van der Waals surface area contributed by atoms with E-state index in [4.69, 9.17) is 4.74 Å². The summed E-state index contributed by atoms with van der Waals surface area (Å²) in [6, 6.07) is 11.4. The third-order valence-electron chi connectivity index (χ3n) is 3.72. The molecule has 0 aliphatic carbocycles. The Balaban J connectivity index is 2.30. The van der Waals surface area contributed by atoms with Crippen LogP contribution in [0.2, 0.25) is 0 Å². The summed E-state index contributed by atoms with van der Waals surface area (Å²) in [4.78, 5) is 25.7. The lowest BCUT2D eigenvalue weighted by Gasteiger charge is -2.13. The molecule has 24 heavy (non-hydrogen) atoms. The Bertz CT molecular complexity index is 892. The Morgan fingerprint density at radius 1 is 1.21 bits per heavy atom. The van der Waals surface area contributed by atoms with Gasteiger partial charge in [-0.1, -0.05) is 12.1 Å². The van der Waals surface area contributed by atoms with E-state index in [1.807, 2.05) is 24.3 Å². The molecule has 0 saturated carbocycles. The zero-order valence-electron chi connectivity index (χ0n) is 13.0. The number of ether oxygens (including phenoxy) is 1. The molecule has 0 N–H and O–H groups in total. The van der Waals surface area contributed by atoms with Crippen LogP contribution in [0.3, 0.4) is 0 Å². The first-order valence-electron chi connectivity index (χ1n) is 7.13. The highest BCUT2D eigenvalue weighted by molar-refractivity contribution is 14.1. The molecule has 0 spiro atoms. The fraction of sp³-hybridized carbons (Fsp3) is 0.111. The van der Waals surface area contributed by atoms with Crippen molar-refractivity contribution in [1.29, 1.82) is 0 Å². The predicted molar refractivity (Wildman–Crippen MR) is 97.5 cm³/mol. The normalized spacial score (nSPS) is 15.3. The molecule has 1 aliphatic heterocycles. The molecule has 0 bridgehead atoms. The van der Waals surface area contributed by atoms with Crippen molar-refractivity contribution in [3.63, 3.8) is 0 Å². The van der Waals surface area contributed by atoms with Crippen molar-refractivity contribution in [1.82, 2.24) is 0 Å². The van der Waals surface area contributed by atoms with E-state index in [2.05, 4.69) is 22.6 Å².